The summed E-state index contributed by atoms with van der Waals surface area (Å²) in [6.07, 6.45) is 3.51. The summed E-state index contributed by atoms with van der Waals surface area (Å²) >= 11 is 0. The van der Waals surface area contributed by atoms with Crippen molar-refractivity contribution in [2.45, 2.75) is 6.54 Å². The van der Waals surface area contributed by atoms with E-state index in [0.717, 1.165) is 16.5 Å². The summed E-state index contributed by atoms with van der Waals surface area (Å²) < 4.78 is 15.0. The summed E-state index contributed by atoms with van der Waals surface area (Å²) in [6, 6.07) is 15.6. The van der Waals surface area contributed by atoms with Gasteiger partial charge in [0, 0.05) is 30.4 Å². The third kappa shape index (κ3) is 4.16. The number of hydrogen-bond acceptors (Lipinski definition) is 7. The second kappa shape index (κ2) is 8.66. The molecule has 5 rings (SSSR count). The Morgan fingerprint density at radius 3 is 2.74 bits per heavy atom. The number of rotatable bonds is 5. The number of fused-ring (bicyclic) bond motifs is 1. The molecular formula is C24H19FN8O. The minimum Gasteiger partial charge on any atom is -0.382 e. The molecule has 0 saturated carbocycles. The molecule has 0 spiro atoms. The Morgan fingerprint density at radius 2 is 1.94 bits per heavy atom. The van der Waals surface area contributed by atoms with E-state index in [1.165, 1.54) is 12.1 Å². The fourth-order valence-corrected chi connectivity index (χ4v) is 3.56. The van der Waals surface area contributed by atoms with E-state index in [9.17, 15) is 9.18 Å². The number of nitrogen functional groups attached to an aromatic ring is 1. The van der Waals surface area contributed by atoms with Crippen LogP contribution in [0.3, 0.4) is 0 Å². The maximum absolute atomic E-state index is 13.4. The summed E-state index contributed by atoms with van der Waals surface area (Å²) in [6.45, 7) is 0.0106. The average molecular weight is 454 g/mol. The van der Waals surface area contributed by atoms with Crippen molar-refractivity contribution in [2.75, 3.05) is 5.73 Å². The van der Waals surface area contributed by atoms with Gasteiger partial charge in [-0.25, -0.2) is 15.0 Å². The van der Waals surface area contributed by atoms with Gasteiger partial charge in [-0.1, -0.05) is 18.2 Å². The van der Waals surface area contributed by atoms with E-state index in [1.807, 2.05) is 30.3 Å². The summed E-state index contributed by atoms with van der Waals surface area (Å²) in [7, 11) is 1.80. The highest BCUT2D eigenvalue weighted by Crippen LogP contribution is 2.31. The Balaban J connectivity index is 1.57. The number of nitrogens with zero attached hydrogens (tertiary/aromatic N) is 6. The third-order valence-electron chi connectivity index (χ3n) is 5.17. The molecule has 10 heteroatoms. The number of nitrogens with one attached hydrogen (secondary N) is 1. The normalized spacial score (nSPS) is 11.0. The van der Waals surface area contributed by atoms with Gasteiger partial charge in [-0.05, 0) is 36.4 Å². The van der Waals surface area contributed by atoms with Gasteiger partial charge >= 0.3 is 0 Å². The molecule has 0 unspecified atom stereocenters. The van der Waals surface area contributed by atoms with Crippen LogP contribution in [0.4, 0.5) is 10.2 Å². The summed E-state index contributed by atoms with van der Waals surface area (Å²) in [5, 5.41) is 8.02. The van der Waals surface area contributed by atoms with E-state index >= 15 is 0 Å². The molecule has 0 bridgehead atoms. The smallest absolute Gasteiger partial charge is 0.274 e. The molecule has 168 valence electrons. The van der Waals surface area contributed by atoms with Crippen LogP contribution in [0.25, 0.3) is 33.5 Å². The number of aryl methyl sites for hydroxylation is 1. The zero-order chi connectivity index (χ0) is 23.7. The second-order valence-corrected chi connectivity index (χ2v) is 7.57. The van der Waals surface area contributed by atoms with Crippen molar-refractivity contribution in [1.29, 1.82) is 0 Å². The lowest BCUT2D eigenvalue weighted by atomic mass is 10.0. The third-order valence-corrected chi connectivity index (χ3v) is 5.17. The molecule has 1 amide bonds. The number of aromatic nitrogens is 6. The standard InChI is InChI=1S/C24H19FN8O/c1-33-11-9-18(32-33)21-20(15-7-8-17-14(12-15)4-3-10-27-17)30-22(23(26)31-21)24(34)28-13-16-5-2-6-19(25)29-16/h2-12H,13H2,1H3,(H2,26,31)(H,28,34). The van der Waals surface area contributed by atoms with E-state index in [-0.39, 0.29) is 18.1 Å². The van der Waals surface area contributed by atoms with Crippen molar-refractivity contribution in [2.24, 2.45) is 7.05 Å². The zero-order valence-corrected chi connectivity index (χ0v) is 18.1. The van der Waals surface area contributed by atoms with E-state index in [1.54, 1.807) is 36.3 Å². The zero-order valence-electron chi connectivity index (χ0n) is 18.1. The van der Waals surface area contributed by atoms with E-state index in [4.69, 9.17) is 5.73 Å². The highest BCUT2D eigenvalue weighted by Gasteiger charge is 2.21. The number of pyridine rings is 2. The first-order valence-electron chi connectivity index (χ1n) is 10.4. The predicted octanol–water partition coefficient (Wildman–Crippen LogP) is 3.14. The Labute approximate surface area is 193 Å². The summed E-state index contributed by atoms with van der Waals surface area (Å²) in [5.74, 6) is -1.22. The van der Waals surface area contributed by atoms with Gasteiger partial charge in [-0.15, -0.1) is 0 Å². The number of nitrogens with two attached hydrogens (primary N) is 1. The van der Waals surface area contributed by atoms with E-state index in [2.05, 4.69) is 30.4 Å². The molecule has 0 aliphatic carbocycles. The molecule has 0 fully saturated rings. The van der Waals surface area contributed by atoms with Crippen LogP contribution in [-0.4, -0.2) is 35.6 Å². The molecule has 0 aliphatic heterocycles. The summed E-state index contributed by atoms with van der Waals surface area (Å²) in [4.78, 5) is 30.1. The van der Waals surface area contributed by atoms with Gasteiger partial charge in [0.15, 0.2) is 11.5 Å². The van der Waals surface area contributed by atoms with Crippen molar-refractivity contribution in [3.8, 4) is 22.6 Å². The topological polar surface area (TPSA) is 124 Å². The number of halogens is 1. The highest BCUT2D eigenvalue weighted by atomic mass is 19.1. The largest absolute Gasteiger partial charge is 0.382 e. The maximum atomic E-state index is 13.4. The molecule has 1 aromatic carbocycles. The Kier molecular flexibility index (Phi) is 5.38. The lowest BCUT2D eigenvalue weighted by molar-refractivity contribution is 0.0946. The summed E-state index contributed by atoms with van der Waals surface area (Å²) in [5.41, 5.74) is 9.49. The van der Waals surface area contributed by atoms with Gasteiger partial charge in [-0.2, -0.15) is 9.49 Å². The molecule has 4 heterocycles. The van der Waals surface area contributed by atoms with Crippen molar-refractivity contribution in [3.05, 3.63) is 84.3 Å². The first kappa shape index (κ1) is 21.1. The lowest BCUT2D eigenvalue weighted by Gasteiger charge is -2.12. The average Bonchev–Trinajstić information content (AvgIpc) is 3.28. The molecular weight excluding hydrogens is 435 g/mol. The SMILES string of the molecule is Cn1ccc(-c2nc(N)c(C(=O)NCc3cccc(F)n3)nc2-c2ccc3ncccc3c2)n1. The van der Waals surface area contributed by atoms with Crippen LogP contribution in [-0.2, 0) is 13.6 Å². The van der Waals surface area contributed by atoms with Crippen LogP contribution in [0.5, 0.6) is 0 Å². The molecule has 0 aliphatic rings. The Bertz CT molecular complexity index is 1530. The van der Waals surface area contributed by atoms with E-state index < -0.39 is 11.9 Å². The molecule has 9 nitrogen and oxygen atoms in total. The van der Waals surface area contributed by atoms with Gasteiger partial charge in [-0.3, -0.25) is 14.5 Å². The molecule has 4 aromatic heterocycles. The second-order valence-electron chi connectivity index (χ2n) is 7.57. The highest BCUT2D eigenvalue weighted by molar-refractivity contribution is 5.98. The van der Waals surface area contributed by atoms with Crippen LogP contribution in [0.15, 0.2) is 67.0 Å². The van der Waals surface area contributed by atoms with Gasteiger partial charge in [0.1, 0.15) is 11.4 Å². The molecule has 0 radical (unpaired) electrons. The quantitative estimate of drug-likeness (QED) is 0.391. The van der Waals surface area contributed by atoms with Gasteiger partial charge in [0.25, 0.3) is 5.91 Å². The van der Waals surface area contributed by atoms with Gasteiger partial charge < -0.3 is 11.1 Å². The molecule has 0 atom stereocenters. The van der Waals surface area contributed by atoms with Crippen LogP contribution < -0.4 is 11.1 Å². The van der Waals surface area contributed by atoms with Crippen molar-refractivity contribution in [1.82, 2.24) is 35.0 Å². The van der Waals surface area contributed by atoms with Gasteiger partial charge in [0.2, 0.25) is 5.95 Å². The number of carbonyl (C=O) groups is 1. The van der Waals surface area contributed by atoms with Crippen molar-refractivity contribution >= 4 is 22.6 Å². The minimum absolute atomic E-state index is 0.0106. The molecule has 3 N–H and O–H groups in total. The van der Waals surface area contributed by atoms with Crippen molar-refractivity contribution < 1.29 is 9.18 Å². The fraction of sp³-hybridized carbons (Fsp3) is 0.0833. The van der Waals surface area contributed by atoms with E-state index in [0.29, 0.717) is 22.8 Å². The van der Waals surface area contributed by atoms with Crippen LogP contribution in [0, 0.1) is 5.95 Å². The molecule has 34 heavy (non-hydrogen) atoms. The monoisotopic (exact) mass is 454 g/mol. The first-order valence-corrected chi connectivity index (χ1v) is 10.4. The van der Waals surface area contributed by atoms with Crippen LogP contribution in [0.1, 0.15) is 16.2 Å². The Morgan fingerprint density at radius 1 is 1.06 bits per heavy atom. The maximum Gasteiger partial charge on any atom is 0.274 e. The first-order chi connectivity index (χ1) is 16.5. The number of anilines is 1. The number of carbonyl (C=O) groups excluding carboxylic acids is 1. The fourth-order valence-electron chi connectivity index (χ4n) is 3.56. The number of hydrogen-bond donors (Lipinski definition) is 2. The predicted molar refractivity (Wildman–Crippen MR) is 125 cm³/mol. The number of benzene rings is 1. The number of amides is 1. The minimum atomic E-state index is -0.626. The van der Waals surface area contributed by atoms with Crippen molar-refractivity contribution in [3.63, 3.8) is 0 Å². The molecule has 5 aromatic rings. The van der Waals surface area contributed by atoms with Crippen LogP contribution >= 0.6 is 0 Å². The lowest BCUT2D eigenvalue weighted by Crippen LogP contribution is -2.26. The molecule has 0 saturated heterocycles. The Hall–Kier alpha value is -4.73. The van der Waals surface area contributed by atoms with Crippen LogP contribution in [0.2, 0.25) is 0 Å². The van der Waals surface area contributed by atoms with Gasteiger partial charge in [0.05, 0.1) is 23.4 Å².